The summed E-state index contributed by atoms with van der Waals surface area (Å²) in [6.07, 6.45) is 1.36. The first kappa shape index (κ1) is 17.0. The van der Waals surface area contributed by atoms with Gasteiger partial charge in [-0.05, 0) is 38.0 Å². The molecule has 0 aliphatic heterocycles. The molecule has 1 aromatic rings. The smallest absolute Gasteiger partial charge is 0.303 e. The number of carbonyl (C=O) groups is 2. The highest BCUT2D eigenvalue weighted by Crippen LogP contribution is 2.23. The van der Waals surface area contributed by atoms with Crippen molar-refractivity contribution in [2.45, 2.75) is 39.2 Å². The predicted molar refractivity (Wildman–Crippen MR) is 78.3 cm³/mol. The highest BCUT2D eigenvalue weighted by atomic mass is 16.5. The van der Waals surface area contributed by atoms with E-state index in [2.05, 4.69) is 5.32 Å². The summed E-state index contributed by atoms with van der Waals surface area (Å²) in [6, 6.07) is 5.08. The van der Waals surface area contributed by atoms with Crippen molar-refractivity contribution in [1.29, 1.82) is 0 Å². The molecule has 0 unspecified atom stereocenters. The minimum atomic E-state index is -0.852. The molecule has 6 nitrogen and oxygen atoms in total. The standard InChI is InChI=1S/C15H21NO5/c1-2-21-13-8-7-12(9-11(13)10-17)16-14(18)5-3-4-6-15(19)20/h7-9,17H,2-6,10H2,1H3,(H,16,18)(H,19,20). The Kier molecular flexibility index (Phi) is 7.25. The first-order chi connectivity index (χ1) is 10.1. The topological polar surface area (TPSA) is 95.9 Å². The SMILES string of the molecule is CCOc1ccc(NC(=O)CCCCC(=O)O)cc1CO. The van der Waals surface area contributed by atoms with E-state index in [0.29, 0.717) is 36.4 Å². The molecule has 0 bridgehead atoms. The molecule has 0 saturated carbocycles. The number of hydrogen-bond acceptors (Lipinski definition) is 4. The van der Waals surface area contributed by atoms with Gasteiger partial charge in [-0.15, -0.1) is 0 Å². The number of unbranched alkanes of at least 4 members (excludes halogenated alkanes) is 1. The molecular formula is C15H21NO5. The number of aliphatic carboxylic acids is 1. The number of nitrogens with one attached hydrogen (secondary N) is 1. The van der Waals surface area contributed by atoms with Gasteiger partial charge in [0.05, 0.1) is 13.2 Å². The molecule has 0 heterocycles. The van der Waals surface area contributed by atoms with E-state index in [4.69, 9.17) is 9.84 Å². The minimum Gasteiger partial charge on any atom is -0.494 e. The summed E-state index contributed by atoms with van der Waals surface area (Å²) in [5, 5.41) is 20.5. The molecule has 0 spiro atoms. The molecule has 0 aliphatic rings. The average Bonchev–Trinajstić information content (AvgIpc) is 2.45. The van der Waals surface area contributed by atoms with Crippen molar-refractivity contribution in [2.75, 3.05) is 11.9 Å². The van der Waals surface area contributed by atoms with Crippen LogP contribution in [0, 0.1) is 0 Å². The van der Waals surface area contributed by atoms with Gasteiger partial charge in [0, 0.05) is 24.1 Å². The van der Waals surface area contributed by atoms with Crippen molar-refractivity contribution >= 4 is 17.6 Å². The molecule has 21 heavy (non-hydrogen) atoms. The van der Waals surface area contributed by atoms with Crippen molar-refractivity contribution in [3.05, 3.63) is 23.8 Å². The number of rotatable bonds is 9. The van der Waals surface area contributed by atoms with Gasteiger partial charge in [0.25, 0.3) is 0 Å². The number of hydrogen-bond donors (Lipinski definition) is 3. The molecule has 6 heteroatoms. The summed E-state index contributed by atoms with van der Waals surface area (Å²) >= 11 is 0. The molecular weight excluding hydrogens is 274 g/mol. The zero-order chi connectivity index (χ0) is 15.7. The minimum absolute atomic E-state index is 0.0744. The van der Waals surface area contributed by atoms with Gasteiger partial charge in [-0.25, -0.2) is 0 Å². The zero-order valence-electron chi connectivity index (χ0n) is 12.1. The van der Waals surface area contributed by atoms with E-state index >= 15 is 0 Å². The van der Waals surface area contributed by atoms with Crippen LogP contribution >= 0.6 is 0 Å². The maximum atomic E-state index is 11.7. The molecule has 3 N–H and O–H groups in total. The van der Waals surface area contributed by atoms with Crippen LogP contribution in [0.3, 0.4) is 0 Å². The van der Waals surface area contributed by atoms with E-state index < -0.39 is 5.97 Å². The Balaban J connectivity index is 2.50. The molecule has 1 aromatic carbocycles. The second kappa shape index (κ2) is 8.97. The molecule has 0 radical (unpaired) electrons. The highest BCUT2D eigenvalue weighted by Gasteiger charge is 2.07. The van der Waals surface area contributed by atoms with Crippen LogP contribution in [0.15, 0.2) is 18.2 Å². The van der Waals surface area contributed by atoms with Crippen LogP contribution in [0.5, 0.6) is 5.75 Å². The predicted octanol–water partition coefficient (Wildman–Crippen LogP) is 2.16. The Morgan fingerprint density at radius 3 is 2.57 bits per heavy atom. The van der Waals surface area contributed by atoms with E-state index in [1.807, 2.05) is 6.92 Å². The molecule has 0 aromatic heterocycles. The Hall–Kier alpha value is -2.08. The molecule has 0 atom stereocenters. The number of anilines is 1. The van der Waals surface area contributed by atoms with Gasteiger partial charge in [0.15, 0.2) is 0 Å². The van der Waals surface area contributed by atoms with E-state index in [1.165, 1.54) is 0 Å². The lowest BCUT2D eigenvalue weighted by atomic mass is 10.1. The fourth-order valence-electron chi connectivity index (χ4n) is 1.86. The van der Waals surface area contributed by atoms with Gasteiger partial charge in [-0.2, -0.15) is 0 Å². The maximum Gasteiger partial charge on any atom is 0.303 e. The Morgan fingerprint density at radius 1 is 1.24 bits per heavy atom. The van der Waals surface area contributed by atoms with Crippen LogP contribution in [-0.4, -0.2) is 28.7 Å². The number of aliphatic hydroxyl groups excluding tert-OH is 1. The fourth-order valence-corrected chi connectivity index (χ4v) is 1.86. The zero-order valence-corrected chi connectivity index (χ0v) is 12.1. The van der Waals surface area contributed by atoms with Crippen LogP contribution in [0.25, 0.3) is 0 Å². The maximum absolute atomic E-state index is 11.7. The Morgan fingerprint density at radius 2 is 1.95 bits per heavy atom. The number of carboxylic acids is 1. The fraction of sp³-hybridized carbons (Fsp3) is 0.467. The van der Waals surface area contributed by atoms with Crippen molar-refractivity contribution < 1.29 is 24.5 Å². The average molecular weight is 295 g/mol. The number of aliphatic hydroxyl groups is 1. The second-order valence-corrected chi connectivity index (χ2v) is 4.56. The molecule has 0 aliphatic carbocycles. The molecule has 1 amide bonds. The van der Waals surface area contributed by atoms with Crippen LogP contribution < -0.4 is 10.1 Å². The van der Waals surface area contributed by atoms with Gasteiger partial charge in [0.2, 0.25) is 5.91 Å². The first-order valence-electron chi connectivity index (χ1n) is 6.95. The third kappa shape index (κ3) is 6.27. The molecule has 0 fully saturated rings. The summed E-state index contributed by atoms with van der Waals surface area (Å²) in [7, 11) is 0. The van der Waals surface area contributed by atoms with Crippen molar-refractivity contribution in [2.24, 2.45) is 0 Å². The van der Waals surface area contributed by atoms with Gasteiger partial charge in [-0.3, -0.25) is 9.59 Å². The summed E-state index contributed by atoms with van der Waals surface area (Å²) in [5.41, 5.74) is 1.20. The van der Waals surface area contributed by atoms with Crippen molar-refractivity contribution in [3.8, 4) is 5.75 Å². The van der Waals surface area contributed by atoms with Gasteiger partial charge in [0.1, 0.15) is 5.75 Å². The molecule has 116 valence electrons. The first-order valence-corrected chi connectivity index (χ1v) is 6.95. The third-order valence-corrected chi connectivity index (χ3v) is 2.86. The monoisotopic (exact) mass is 295 g/mol. The summed E-state index contributed by atoms with van der Waals surface area (Å²) in [4.78, 5) is 22.1. The third-order valence-electron chi connectivity index (χ3n) is 2.86. The summed E-state index contributed by atoms with van der Waals surface area (Å²) < 4.78 is 5.36. The lowest BCUT2D eigenvalue weighted by Gasteiger charge is -2.11. The number of amides is 1. The van der Waals surface area contributed by atoms with E-state index in [-0.39, 0.29) is 25.4 Å². The second-order valence-electron chi connectivity index (χ2n) is 4.56. The largest absolute Gasteiger partial charge is 0.494 e. The van der Waals surface area contributed by atoms with E-state index in [0.717, 1.165) is 0 Å². The lowest BCUT2D eigenvalue weighted by molar-refractivity contribution is -0.137. The lowest BCUT2D eigenvalue weighted by Crippen LogP contribution is -2.11. The Labute approximate surface area is 123 Å². The molecule has 1 rings (SSSR count). The van der Waals surface area contributed by atoms with Gasteiger partial charge >= 0.3 is 5.97 Å². The van der Waals surface area contributed by atoms with Crippen molar-refractivity contribution in [3.63, 3.8) is 0 Å². The number of benzene rings is 1. The van der Waals surface area contributed by atoms with E-state index in [9.17, 15) is 14.7 Å². The van der Waals surface area contributed by atoms with Gasteiger partial charge < -0.3 is 20.3 Å². The number of carboxylic acid groups (broad SMARTS) is 1. The van der Waals surface area contributed by atoms with Crippen LogP contribution in [0.2, 0.25) is 0 Å². The quantitative estimate of drug-likeness (QED) is 0.607. The van der Waals surface area contributed by atoms with Crippen LogP contribution in [-0.2, 0) is 16.2 Å². The summed E-state index contributed by atoms with van der Waals surface area (Å²) in [6.45, 7) is 2.19. The molecule has 0 saturated heterocycles. The van der Waals surface area contributed by atoms with Crippen molar-refractivity contribution in [1.82, 2.24) is 0 Å². The van der Waals surface area contributed by atoms with Gasteiger partial charge in [-0.1, -0.05) is 0 Å². The van der Waals surface area contributed by atoms with Crippen LogP contribution in [0.4, 0.5) is 5.69 Å². The normalized spacial score (nSPS) is 10.2. The Bertz CT molecular complexity index is 487. The highest BCUT2D eigenvalue weighted by molar-refractivity contribution is 5.90. The number of ether oxygens (including phenoxy) is 1. The number of carbonyl (C=O) groups excluding carboxylic acids is 1. The van der Waals surface area contributed by atoms with E-state index in [1.54, 1.807) is 18.2 Å². The summed E-state index contributed by atoms with van der Waals surface area (Å²) in [5.74, 6) is -0.428. The van der Waals surface area contributed by atoms with Crippen LogP contribution in [0.1, 0.15) is 38.2 Å².